The lowest BCUT2D eigenvalue weighted by Gasteiger charge is -2.22. The second-order valence-electron chi connectivity index (χ2n) is 17.9. The minimum absolute atomic E-state index is 0.156. The van der Waals surface area contributed by atoms with Crippen molar-refractivity contribution >= 4 is 55.2 Å². The molecule has 13 rings (SSSR count). The predicted molar refractivity (Wildman–Crippen MR) is 268 cm³/mol. The van der Waals surface area contributed by atoms with Crippen LogP contribution in [0.1, 0.15) is 42.5 Å². The van der Waals surface area contributed by atoms with Crippen LogP contribution in [-0.4, -0.2) is 15.0 Å². The van der Waals surface area contributed by atoms with Crippen molar-refractivity contribution in [2.45, 2.75) is 25.7 Å². The van der Waals surface area contributed by atoms with Gasteiger partial charge in [-0.05, 0) is 129 Å². The van der Waals surface area contributed by atoms with E-state index in [-0.39, 0.29) is 5.41 Å². The highest BCUT2D eigenvalue weighted by molar-refractivity contribution is 6.25. The van der Waals surface area contributed by atoms with Crippen molar-refractivity contribution in [2.75, 3.05) is 0 Å². The third-order valence-corrected chi connectivity index (χ3v) is 13.9. The summed E-state index contributed by atoms with van der Waals surface area (Å²) >= 11 is 0. The molecule has 0 unspecified atom stereocenters. The Labute approximate surface area is 372 Å². The van der Waals surface area contributed by atoms with Crippen LogP contribution in [0.5, 0.6) is 0 Å². The molecule has 0 saturated heterocycles. The first-order valence-electron chi connectivity index (χ1n) is 22.2. The van der Waals surface area contributed by atoms with Gasteiger partial charge in [0.05, 0.1) is 0 Å². The number of hydrogen-bond acceptors (Lipinski definition) is 3. The lowest BCUT2D eigenvalue weighted by Crippen LogP contribution is -2.15. The van der Waals surface area contributed by atoms with Crippen molar-refractivity contribution in [1.29, 1.82) is 0 Å². The van der Waals surface area contributed by atoms with E-state index in [9.17, 15) is 0 Å². The Morgan fingerprint density at radius 3 is 1.70 bits per heavy atom. The fourth-order valence-corrected chi connectivity index (χ4v) is 10.6. The van der Waals surface area contributed by atoms with Gasteiger partial charge in [0, 0.05) is 22.1 Å². The highest BCUT2D eigenvalue weighted by Crippen LogP contribution is 2.50. The average Bonchev–Trinajstić information content (AvgIpc) is 3.46. The summed E-state index contributed by atoms with van der Waals surface area (Å²) < 4.78 is 0. The molecular weight excluding hydrogens is 775 g/mol. The molecule has 0 saturated carbocycles. The Hall–Kier alpha value is -8.01. The van der Waals surface area contributed by atoms with Crippen molar-refractivity contribution in [1.82, 2.24) is 15.0 Å². The van der Waals surface area contributed by atoms with Crippen molar-refractivity contribution in [2.24, 2.45) is 0 Å². The minimum Gasteiger partial charge on any atom is -0.208 e. The number of fused-ring (bicyclic) bond motifs is 5. The zero-order valence-corrected chi connectivity index (χ0v) is 35.6. The molecule has 2 aliphatic rings. The number of rotatable bonds is 5. The van der Waals surface area contributed by atoms with Crippen LogP contribution in [0, 0.1) is 0 Å². The van der Waals surface area contributed by atoms with Gasteiger partial charge in [-0.1, -0.05) is 190 Å². The minimum atomic E-state index is -0.156. The van der Waals surface area contributed by atoms with E-state index in [1.165, 1.54) is 87.8 Å². The molecule has 1 heterocycles. The summed E-state index contributed by atoms with van der Waals surface area (Å²) in [6.45, 7) is 4.64. The summed E-state index contributed by atoms with van der Waals surface area (Å²) in [4.78, 5) is 16.0. The van der Waals surface area contributed by atoms with E-state index >= 15 is 0 Å². The van der Waals surface area contributed by atoms with Crippen LogP contribution in [0.2, 0.25) is 0 Å². The molecule has 0 radical (unpaired) electrons. The van der Waals surface area contributed by atoms with Crippen molar-refractivity contribution in [3.8, 4) is 67.5 Å². The molecule has 0 fully saturated rings. The average molecular weight is 816 g/mol. The predicted octanol–water partition coefficient (Wildman–Crippen LogP) is 16.0. The smallest absolute Gasteiger partial charge is 0.164 e. The lowest BCUT2D eigenvalue weighted by molar-refractivity contribution is 0.660. The summed E-state index contributed by atoms with van der Waals surface area (Å²) in [5.74, 6) is 1.96. The molecule has 64 heavy (non-hydrogen) atoms. The van der Waals surface area contributed by atoms with Crippen molar-refractivity contribution in [3.63, 3.8) is 0 Å². The van der Waals surface area contributed by atoms with Crippen LogP contribution < -0.4 is 0 Å². The van der Waals surface area contributed by atoms with Crippen LogP contribution in [0.25, 0.3) is 123 Å². The van der Waals surface area contributed by atoms with Gasteiger partial charge < -0.3 is 0 Å². The largest absolute Gasteiger partial charge is 0.208 e. The number of allylic oxidation sites excluding steroid dienone is 2. The monoisotopic (exact) mass is 815 g/mol. The molecular formula is C61H41N3. The van der Waals surface area contributed by atoms with Crippen LogP contribution in [0.4, 0.5) is 0 Å². The first-order valence-corrected chi connectivity index (χ1v) is 22.2. The summed E-state index contributed by atoms with van der Waals surface area (Å²) in [5, 5.41) is 10.1. The molecule has 0 N–H and O–H groups in total. The molecule has 0 amide bonds. The van der Waals surface area contributed by atoms with E-state index in [0.717, 1.165) is 34.1 Å². The van der Waals surface area contributed by atoms with E-state index in [1.54, 1.807) is 0 Å². The van der Waals surface area contributed by atoms with Gasteiger partial charge >= 0.3 is 0 Å². The summed E-state index contributed by atoms with van der Waals surface area (Å²) in [6, 6.07) is 64.2. The van der Waals surface area contributed by atoms with Gasteiger partial charge in [-0.15, -0.1) is 0 Å². The van der Waals surface area contributed by atoms with Crippen molar-refractivity contribution < 1.29 is 0 Å². The molecule has 0 atom stereocenters. The van der Waals surface area contributed by atoms with E-state index in [4.69, 9.17) is 15.0 Å². The van der Waals surface area contributed by atoms with E-state index < -0.39 is 0 Å². The molecule has 10 aromatic carbocycles. The molecule has 0 aliphatic heterocycles. The van der Waals surface area contributed by atoms with Crippen LogP contribution >= 0.6 is 0 Å². The van der Waals surface area contributed by atoms with Gasteiger partial charge in [-0.2, -0.15) is 0 Å². The highest BCUT2D eigenvalue weighted by Gasteiger charge is 2.35. The summed E-state index contributed by atoms with van der Waals surface area (Å²) in [7, 11) is 0. The van der Waals surface area contributed by atoms with Gasteiger partial charge in [0.1, 0.15) is 0 Å². The zero-order valence-electron chi connectivity index (χ0n) is 35.6. The number of hydrogen-bond donors (Lipinski definition) is 0. The van der Waals surface area contributed by atoms with Crippen molar-refractivity contribution in [3.05, 3.63) is 210 Å². The van der Waals surface area contributed by atoms with Gasteiger partial charge in [0.25, 0.3) is 0 Å². The fourth-order valence-electron chi connectivity index (χ4n) is 10.6. The van der Waals surface area contributed by atoms with Gasteiger partial charge in [0.2, 0.25) is 0 Å². The van der Waals surface area contributed by atoms with Gasteiger partial charge in [0.15, 0.2) is 17.5 Å². The SMILES string of the molecule is CC1(C)c2ccccc2-c2ccc(-c3nc(-c4ccc5cc(-c6ccc7ccc8cccc9ccc6c7c89)ccc5c4)nc(-c4ccc(-c5ccccc5)c5c4C=CCC=C5)n3)cc21. The highest BCUT2D eigenvalue weighted by atomic mass is 15.0. The van der Waals surface area contributed by atoms with E-state index in [2.05, 4.69) is 214 Å². The molecule has 1 aromatic heterocycles. The topological polar surface area (TPSA) is 38.7 Å². The van der Waals surface area contributed by atoms with Gasteiger partial charge in [-0.3, -0.25) is 0 Å². The Bertz CT molecular complexity index is 3760. The Kier molecular flexibility index (Phi) is 8.01. The number of nitrogens with zero attached hydrogens (tertiary/aromatic N) is 3. The van der Waals surface area contributed by atoms with Crippen LogP contribution in [0.15, 0.2) is 188 Å². The van der Waals surface area contributed by atoms with Crippen LogP contribution in [-0.2, 0) is 5.41 Å². The van der Waals surface area contributed by atoms with E-state index in [1.807, 2.05) is 0 Å². The molecule has 11 aromatic rings. The van der Waals surface area contributed by atoms with Crippen LogP contribution in [0.3, 0.4) is 0 Å². The first-order chi connectivity index (χ1) is 31.5. The Balaban J connectivity index is 0.965. The Morgan fingerprint density at radius 1 is 0.359 bits per heavy atom. The molecule has 3 heteroatoms. The number of aromatic nitrogens is 3. The molecule has 300 valence electrons. The lowest BCUT2D eigenvalue weighted by atomic mass is 9.82. The molecule has 0 bridgehead atoms. The standard InChI is InChI=1S/C61H41N3/c1-61(2)54-19-10-9-18-50(54)51-30-28-45(36-55(51)61)59-62-58(63-60(64-59)53-33-32-46(37-12-5-3-6-13-37)48-16-7-4-8-17-49(48)53)44-25-23-41-34-43(24-22-42(41)35-44)47-29-26-40-21-20-38-14-11-15-39-27-31-52(47)57(40)56(38)39/h3,5-36H,4H2,1-2H3. The summed E-state index contributed by atoms with van der Waals surface area (Å²) in [5.41, 5.74) is 15.0. The fraction of sp³-hybridized carbons (Fsp3) is 0.0656. The Morgan fingerprint density at radius 2 is 0.906 bits per heavy atom. The summed E-state index contributed by atoms with van der Waals surface area (Å²) in [6.07, 6.45) is 9.81. The zero-order chi connectivity index (χ0) is 42.5. The van der Waals surface area contributed by atoms with Gasteiger partial charge in [-0.25, -0.2) is 15.0 Å². The second-order valence-corrected chi connectivity index (χ2v) is 17.9. The maximum Gasteiger partial charge on any atom is 0.164 e. The molecule has 3 nitrogen and oxygen atoms in total. The maximum absolute atomic E-state index is 5.35. The first kappa shape index (κ1) is 36.6. The quantitative estimate of drug-likeness (QED) is 0.162. The van der Waals surface area contributed by atoms with E-state index in [0.29, 0.717) is 17.5 Å². The molecule has 0 spiro atoms. The normalized spacial score (nSPS) is 13.7. The number of benzene rings is 10. The third-order valence-electron chi connectivity index (χ3n) is 13.9. The maximum atomic E-state index is 5.35. The second kappa shape index (κ2) is 14.0. The third kappa shape index (κ3) is 5.64. The molecule has 2 aliphatic carbocycles.